The summed E-state index contributed by atoms with van der Waals surface area (Å²) in [6, 6.07) is 4.85. The molecule has 1 unspecified atom stereocenters. The van der Waals surface area contributed by atoms with Gasteiger partial charge in [0.2, 0.25) is 15.9 Å². The molecule has 110 valence electrons. The van der Waals surface area contributed by atoms with Gasteiger partial charge in [0, 0.05) is 35.2 Å². The van der Waals surface area contributed by atoms with Crippen LogP contribution in [0.5, 0.6) is 0 Å². The maximum absolute atomic E-state index is 12.0. The molecule has 0 saturated carbocycles. The minimum atomic E-state index is -3.61. The molecule has 0 spiro atoms. The molecule has 1 amide bonds. The lowest BCUT2D eigenvalue weighted by atomic mass is 10.1. The van der Waals surface area contributed by atoms with E-state index in [9.17, 15) is 18.3 Å². The molecule has 1 saturated heterocycles. The molecule has 0 radical (unpaired) electrons. The number of sulfonamides is 1. The van der Waals surface area contributed by atoms with Crippen LogP contribution >= 0.6 is 11.6 Å². The fraction of sp³-hybridized carbons (Fsp3) is 0.417. The number of hydrogen-bond acceptors (Lipinski definition) is 4. The first-order chi connectivity index (χ1) is 9.30. The van der Waals surface area contributed by atoms with Crippen molar-refractivity contribution in [1.82, 2.24) is 0 Å². The zero-order valence-electron chi connectivity index (χ0n) is 10.6. The highest BCUT2D eigenvalue weighted by atomic mass is 35.5. The predicted octanol–water partition coefficient (Wildman–Crippen LogP) is 0.474. The lowest BCUT2D eigenvalue weighted by Crippen LogP contribution is -2.28. The van der Waals surface area contributed by atoms with E-state index in [1.807, 2.05) is 0 Å². The smallest absolute Gasteiger partial charge is 0.227 e. The van der Waals surface area contributed by atoms with E-state index in [-0.39, 0.29) is 37.2 Å². The van der Waals surface area contributed by atoms with Gasteiger partial charge < -0.3 is 10.0 Å². The van der Waals surface area contributed by atoms with Crippen molar-refractivity contribution >= 4 is 33.2 Å². The van der Waals surface area contributed by atoms with Crippen LogP contribution in [0.1, 0.15) is 12.0 Å². The Balaban J connectivity index is 2.24. The average molecular weight is 319 g/mol. The number of primary sulfonamides is 1. The molecule has 8 heteroatoms. The fourth-order valence-corrected chi connectivity index (χ4v) is 3.47. The summed E-state index contributed by atoms with van der Waals surface area (Å²) in [4.78, 5) is 13.5. The van der Waals surface area contributed by atoms with Crippen LogP contribution in [0.25, 0.3) is 0 Å². The predicted molar refractivity (Wildman–Crippen MR) is 75.8 cm³/mol. The maximum Gasteiger partial charge on any atom is 0.227 e. The summed E-state index contributed by atoms with van der Waals surface area (Å²) in [5.41, 5.74) is 1.08. The van der Waals surface area contributed by atoms with Crippen LogP contribution < -0.4 is 10.0 Å². The van der Waals surface area contributed by atoms with E-state index in [1.165, 1.54) is 4.90 Å². The number of carbonyl (C=O) groups is 1. The van der Waals surface area contributed by atoms with E-state index < -0.39 is 10.0 Å². The van der Waals surface area contributed by atoms with Gasteiger partial charge in [0.15, 0.2) is 0 Å². The summed E-state index contributed by atoms with van der Waals surface area (Å²) in [6.07, 6.45) is 0.129. The van der Waals surface area contributed by atoms with E-state index >= 15 is 0 Å². The molecule has 0 aliphatic carbocycles. The van der Waals surface area contributed by atoms with Crippen LogP contribution in [0.3, 0.4) is 0 Å². The third kappa shape index (κ3) is 3.49. The van der Waals surface area contributed by atoms with Crippen molar-refractivity contribution in [2.75, 3.05) is 17.2 Å². The molecule has 1 aromatic carbocycles. The second-order valence-corrected chi connectivity index (χ2v) is 6.93. The number of halogens is 1. The summed E-state index contributed by atoms with van der Waals surface area (Å²) < 4.78 is 22.2. The molecule has 1 aliphatic rings. The quantitative estimate of drug-likeness (QED) is 0.842. The van der Waals surface area contributed by atoms with Gasteiger partial charge in [-0.15, -0.1) is 0 Å². The molecule has 0 bridgehead atoms. The number of hydrogen-bond donors (Lipinski definition) is 2. The molecule has 1 aliphatic heterocycles. The van der Waals surface area contributed by atoms with Crippen LogP contribution in [0, 0.1) is 5.92 Å². The number of nitrogens with two attached hydrogens (primary N) is 1. The van der Waals surface area contributed by atoms with Gasteiger partial charge in [-0.1, -0.05) is 11.6 Å². The van der Waals surface area contributed by atoms with Gasteiger partial charge in [-0.3, -0.25) is 4.79 Å². The van der Waals surface area contributed by atoms with Crippen molar-refractivity contribution in [2.24, 2.45) is 11.1 Å². The normalized spacial score (nSPS) is 19.6. The number of nitrogens with zero attached hydrogens (tertiary/aromatic N) is 1. The highest BCUT2D eigenvalue weighted by Gasteiger charge is 2.33. The topological polar surface area (TPSA) is 101 Å². The second-order valence-electron chi connectivity index (χ2n) is 4.84. The molecule has 20 heavy (non-hydrogen) atoms. The third-order valence-electron chi connectivity index (χ3n) is 3.18. The molecule has 1 atom stereocenters. The Morgan fingerprint density at radius 2 is 2.15 bits per heavy atom. The van der Waals surface area contributed by atoms with Gasteiger partial charge in [0.1, 0.15) is 0 Å². The minimum Gasteiger partial charge on any atom is -0.392 e. The molecule has 1 heterocycles. The molecule has 1 fully saturated rings. The number of aliphatic hydroxyl groups is 1. The summed E-state index contributed by atoms with van der Waals surface area (Å²) >= 11 is 5.84. The lowest BCUT2D eigenvalue weighted by Gasteiger charge is -2.20. The number of rotatable bonds is 4. The lowest BCUT2D eigenvalue weighted by molar-refractivity contribution is -0.117. The molecular formula is C12H15ClN2O4S. The van der Waals surface area contributed by atoms with Crippen LogP contribution in [-0.4, -0.2) is 31.7 Å². The number of amides is 1. The zero-order valence-corrected chi connectivity index (χ0v) is 12.2. The van der Waals surface area contributed by atoms with Gasteiger partial charge in [-0.25, -0.2) is 13.6 Å². The molecule has 1 aromatic rings. The highest BCUT2D eigenvalue weighted by molar-refractivity contribution is 7.89. The Morgan fingerprint density at radius 1 is 1.45 bits per heavy atom. The molecule has 3 N–H and O–H groups in total. The van der Waals surface area contributed by atoms with Crippen molar-refractivity contribution in [1.29, 1.82) is 0 Å². The second kappa shape index (κ2) is 5.69. The van der Waals surface area contributed by atoms with Crippen LogP contribution in [-0.2, 0) is 21.4 Å². The monoisotopic (exact) mass is 318 g/mol. The van der Waals surface area contributed by atoms with Gasteiger partial charge in [0.25, 0.3) is 0 Å². The van der Waals surface area contributed by atoms with Gasteiger partial charge in [-0.2, -0.15) is 0 Å². The Hall–Kier alpha value is -1.15. The van der Waals surface area contributed by atoms with Gasteiger partial charge >= 0.3 is 0 Å². The molecule has 6 nitrogen and oxygen atoms in total. The van der Waals surface area contributed by atoms with Crippen LogP contribution in [0.15, 0.2) is 18.2 Å². The first-order valence-electron chi connectivity index (χ1n) is 6.00. The molecular weight excluding hydrogens is 304 g/mol. The number of aliphatic hydroxyl groups excluding tert-OH is 1. The Labute approximate surface area is 122 Å². The number of carbonyl (C=O) groups excluding carboxylic acids is 1. The standard InChI is InChI=1S/C12H15ClN2O4S/c13-10-1-2-11(9(4-10)6-16)15-5-8(3-12(15)17)7-20(14,18)19/h1-2,4,8,16H,3,5-7H2,(H2,14,18,19). The first-order valence-corrected chi connectivity index (χ1v) is 8.09. The summed E-state index contributed by atoms with van der Waals surface area (Å²) in [5, 5.41) is 14.8. The zero-order chi connectivity index (χ0) is 14.9. The van der Waals surface area contributed by atoms with Crippen LogP contribution in [0.2, 0.25) is 5.02 Å². The largest absolute Gasteiger partial charge is 0.392 e. The summed E-state index contributed by atoms with van der Waals surface area (Å²) in [6.45, 7) is 0.0173. The van der Waals surface area contributed by atoms with Crippen LogP contribution in [0.4, 0.5) is 5.69 Å². The van der Waals surface area contributed by atoms with E-state index in [0.29, 0.717) is 16.3 Å². The van der Waals surface area contributed by atoms with E-state index in [0.717, 1.165) is 0 Å². The first kappa shape index (κ1) is 15.2. The number of benzene rings is 1. The number of anilines is 1. The average Bonchev–Trinajstić information content (AvgIpc) is 2.67. The van der Waals surface area contributed by atoms with E-state index in [1.54, 1.807) is 18.2 Å². The Kier molecular flexibility index (Phi) is 4.33. The Bertz CT molecular complexity index is 632. The van der Waals surface area contributed by atoms with Gasteiger partial charge in [0.05, 0.1) is 12.4 Å². The summed E-state index contributed by atoms with van der Waals surface area (Å²) in [5.74, 6) is -0.743. The van der Waals surface area contributed by atoms with Crippen molar-refractivity contribution in [3.8, 4) is 0 Å². The SMILES string of the molecule is NS(=O)(=O)CC1CC(=O)N(c2ccc(Cl)cc2CO)C1. The maximum atomic E-state index is 12.0. The minimum absolute atomic E-state index is 0.129. The highest BCUT2D eigenvalue weighted by Crippen LogP contribution is 2.30. The van der Waals surface area contributed by atoms with Gasteiger partial charge in [-0.05, 0) is 18.2 Å². The van der Waals surface area contributed by atoms with E-state index in [2.05, 4.69) is 0 Å². The van der Waals surface area contributed by atoms with E-state index in [4.69, 9.17) is 16.7 Å². The van der Waals surface area contributed by atoms with Crippen molar-refractivity contribution in [3.05, 3.63) is 28.8 Å². The van der Waals surface area contributed by atoms with Crippen molar-refractivity contribution in [3.63, 3.8) is 0 Å². The Morgan fingerprint density at radius 3 is 2.75 bits per heavy atom. The van der Waals surface area contributed by atoms with Crippen molar-refractivity contribution < 1.29 is 18.3 Å². The summed E-state index contributed by atoms with van der Waals surface area (Å²) in [7, 11) is -3.61. The third-order valence-corrected chi connectivity index (χ3v) is 4.35. The molecule has 2 rings (SSSR count). The van der Waals surface area contributed by atoms with Crippen molar-refractivity contribution in [2.45, 2.75) is 13.0 Å². The fourth-order valence-electron chi connectivity index (χ4n) is 2.40. The molecule has 0 aromatic heterocycles.